The zero-order valence-corrected chi connectivity index (χ0v) is 12.0. The summed E-state index contributed by atoms with van der Waals surface area (Å²) in [6.45, 7) is 10.6. The highest BCUT2D eigenvalue weighted by atomic mass is 79.9. The van der Waals surface area contributed by atoms with Gasteiger partial charge in [0.15, 0.2) is 5.78 Å². The van der Waals surface area contributed by atoms with Crippen LogP contribution < -0.4 is 0 Å². The maximum absolute atomic E-state index is 12.1. The number of benzene rings is 1. The van der Waals surface area contributed by atoms with Gasteiger partial charge in [0.1, 0.15) is 0 Å². The van der Waals surface area contributed by atoms with Crippen molar-refractivity contribution in [1.29, 1.82) is 0 Å². The van der Waals surface area contributed by atoms with E-state index in [4.69, 9.17) is 0 Å². The molecule has 0 aromatic heterocycles. The molecule has 0 bridgehead atoms. The first-order valence-corrected chi connectivity index (χ1v) is 6.58. The van der Waals surface area contributed by atoms with Crippen molar-refractivity contribution in [2.45, 2.75) is 13.8 Å². The average molecular weight is 296 g/mol. The Morgan fingerprint density at radius 2 is 1.76 bits per heavy atom. The topological polar surface area (TPSA) is 20.3 Å². The summed E-state index contributed by atoms with van der Waals surface area (Å²) >= 11 is 3.35. The molecule has 1 aromatic carbocycles. The largest absolute Gasteiger partial charge is 0.300 e. The van der Waals surface area contributed by atoms with Gasteiger partial charge in [0.2, 0.25) is 0 Å². The summed E-state index contributed by atoms with van der Waals surface area (Å²) in [4.78, 5) is 14.3. The molecular formula is C14H18BrNO. The van der Waals surface area contributed by atoms with Crippen LogP contribution in [0.5, 0.6) is 0 Å². The molecule has 1 rings (SSSR count). The smallest absolute Gasteiger partial charge is 0.189 e. The molecule has 0 N–H and O–H groups in total. The molecule has 0 aliphatic carbocycles. The number of ketones is 1. The van der Waals surface area contributed by atoms with Gasteiger partial charge in [-0.2, -0.15) is 0 Å². The van der Waals surface area contributed by atoms with E-state index in [0.717, 1.165) is 17.6 Å². The van der Waals surface area contributed by atoms with Crippen LogP contribution in [-0.4, -0.2) is 30.3 Å². The van der Waals surface area contributed by atoms with Crippen molar-refractivity contribution in [3.05, 3.63) is 46.5 Å². The second-order valence-electron chi connectivity index (χ2n) is 3.90. The molecule has 1 aromatic rings. The molecule has 0 fully saturated rings. The fraction of sp³-hybridized carbons (Fsp3) is 0.357. The van der Waals surface area contributed by atoms with Gasteiger partial charge in [-0.15, -0.1) is 0 Å². The molecule has 0 radical (unpaired) electrons. The lowest BCUT2D eigenvalue weighted by atomic mass is 10.0. The molecular weight excluding hydrogens is 278 g/mol. The number of hydrogen-bond donors (Lipinski definition) is 0. The van der Waals surface area contributed by atoms with Gasteiger partial charge in [0, 0.05) is 22.2 Å². The van der Waals surface area contributed by atoms with E-state index in [1.807, 2.05) is 24.3 Å². The first kappa shape index (κ1) is 14.1. The van der Waals surface area contributed by atoms with E-state index in [0.29, 0.717) is 17.7 Å². The Labute approximate surface area is 111 Å². The van der Waals surface area contributed by atoms with E-state index in [9.17, 15) is 4.79 Å². The lowest BCUT2D eigenvalue weighted by Gasteiger charge is -2.18. The monoisotopic (exact) mass is 295 g/mol. The molecule has 0 saturated heterocycles. The number of carbonyl (C=O) groups excluding carboxylic acids is 1. The van der Waals surface area contributed by atoms with Crippen molar-refractivity contribution in [2.75, 3.05) is 19.6 Å². The van der Waals surface area contributed by atoms with E-state index in [1.54, 1.807) is 0 Å². The SMILES string of the molecule is C=C(CN(CC)CC)C(=O)c1ccc(Br)cc1. The maximum Gasteiger partial charge on any atom is 0.189 e. The third-order valence-electron chi connectivity index (χ3n) is 2.74. The molecule has 2 nitrogen and oxygen atoms in total. The molecule has 3 heteroatoms. The van der Waals surface area contributed by atoms with Crippen molar-refractivity contribution in [2.24, 2.45) is 0 Å². The molecule has 0 aliphatic rings. The Hall–Kier alpha value is -0.930. The van der Waals surface area contributed by atoms with Crippen LogP contribution in [0.4, 0.5) is 0 Å². The quantitative estimate of drug-likeness (QED) is 0.591. The number of rotatable bonds is 6. The number of likely N-dealkylation sites (N-methyl/N-ethyl adjacent to an activating group) is 1. The summed E-state index contributed by atoms with van der Waals surface area (Å²) in [6, 6.07) is 7.38. The minimum absolute atomic E-state index is 0.0319. The third kappa shape index (κ3) is 4.10. The van der Waals surface area contributed by atoms with Crippen LogP contribution in [0.25, 0.3) is 0 Å². The second kappa shape index (κ2) is 6.72. The lowest BCUT2D eigenvalue weighted by Crippen LogP contribution is -2.27. The highest BCUT2D eigenvalue weighted by Crippen LogP contribution is 2.13. The Bertz CT molecular complexity index is 393. The fourth-order valence-corrected chi connectivity index (χ4v) is 1.86. The van der Waals surface area contributed by atoms with Gasteiger partial charge in [-0.25, -0.2) is 0 Å². The predicted molar refractivity (Wildman–Crippen MR) is 75.4 cm³/mol. The van der Waals surface area contributed by atoms with Crippen LogP contribution >= 0.6 is 15.9 Å². The van der Waals surface area contributed by atoms with Gasteiger partial charge >= 0.3 is 0 Å². The van der Waals surface area contributed by atoms with Gasteiger partial charge in [0.25, 0.3) is 0 Å². The van der Waals surface area contributed by atoms with E-state index in [1.165, 1.54) is 0 Å². The van der Waals surface area contributed by atoms with Crippen molar-refractivity contribution >= 4 is 21.7 Å². The third-order valence-corrected chi connectivity index (χ3v) is 3.27. The molecule has 0 heterocycles. The van der Waals surface area contributed by atoms with E-state index < -0.39 is 0 Å². The van der Waals surface area contributed by atoms with Crippen LogP contribution in [0.2, 0.25) is 0 Å². The van der Waals surface area contributed by atoms with Crippen LogP contribution in [-0.2, 0) is 0 Å². The first-order chi connectivity index (χ1) is 8.08. The average Bonchev–Trinajstić information content (AvgIpc) is 2.35. The van der Waals surface area contributed by atoms with Crippen molar-refractivity contribution in [1.82, 2.24) is 4.90 Å². The molecule has 0 spiro atoms. The van der Waals surface area contributed by atoms with E-state index >= 15 is 0 Å². The predicted octanol–water partition coefficient (Wildman–Crippen LogP) is 3.53. The van der Waals surface area contributed by atoms with Crippen molar-refractivity contribution in [3.63, 3.8) is 0 Å². The number of hydrogen-bond acceptors (Lipinski definition) is 2. The van der Waals surface area contributed by atoms with Crippen molar-refractivity contribution < 1.29 is 4.79 Å². The number of nitrogens with zero attached hydrogens (tertiary/aromatic N) is 1. The number of halogens is 1. The Balaban J connectivity index is 2.70. The van der Waals surface area contributed by atoms with Crippen LogP contribution in [0.1, 0.15) is 24.2 Å². The minimum atomic E-state index is 0.0319. The summed E-state index contributed by atoms with van der Waals surface area (Å²) < 4.78 is 0.975. The van der Waals surface area contributed by atoms with Gasteiger partial charge in [0.05, 0.1) is 0 Å². The van der Waals surface area contributed by atoms with Gasteiger partial charge in [-0.3, -0.25) is 9.69 Å². The molecule has 0 atom stereocenters. The summed E-state index contributed by atoms with van der Waals surface area (Å²) in [7, 11) is 0. The highest BCUT2D eigenvalue weighted by Gasteiger charge is 2.12. The highest BCUT2D eigenvalue weighted by molar-refractivity contribution is 9.10. The summed E-state index contributed by atoms with van der Waals surface area (Å²) in [5.41, 5.74) is 1.35. The van der Waals surface area contributed by atoms with Crippen LogP contribution in [0.3, 0.4) is 0 Å². The standard InChI is InChI=1S/C14H18BrNO/c1-4-16(5-2)10-11(3)14(17)12-6-8-13(15)9-7-12/h6-9H,3-5,10H2,1-2H3. The van der Waals surface area contributed by atoms with Gasteiger partial charge < -0.3 is 0 Å². The second-order valence-corrected chi connectivity index (χ2v) is 4.82. The van der Waals surface area contributed by atoms with Gasteiger partial charge in [-0.05, 0) is 37.4 Å². The summed E-state index contributed by atoms with van der Waals surface area (Å²) in [6.07, 6.45) is 0. The molecule has 92 valence electrons. The summed E-state index contributed by atoms with van der Waals surface area (Å²) in [5, 5.41) is 0. The Morgan fingerprint density at radius 3 is 2.24 bits per heavy atom. The molecule has 0 aliphatic heterocycles. The molecule has 0 unspecified atom stereocenters. The van der Waals surface area contributed by atoms with Crippen molar-refractivity contribution in [3.8, 4) is 0 Å². The van der Waals surface area contributed by atoms with Crippen LogP contribution in [0.15, 0.2) is 40.9 Å². The Morgan fingerprint density at radius 1 is 1.24 bits per heavy atom. The Kier molecular flexibility index (Phi) is 5.59. The molecule has 17 heavy (non-hydrogen) atoms. The van der Waals surface area contributed by atoms with E-state index in [2.05, 4.69) is 41.3 Å². The van der Waals surface area contributed by atoms with Crippen LogP contribution in [0, 0.1) is 0 Å². The molecule has 0 saturated carbocycles. The zero-order chi connectivity index (χ0) is 12.8. The lowest BCUT2D eigenvalue weighted by molar-refractivity contribution is 0.102. The number of carbonyl (C=O) groups is 1. The van der Waals surface area contributed by atoms with E-state index in [-0.39, 0.29) is 5.78 Å². The van der Waals surface area contributed by atoms with Gasteiger partial charge in [-0.1, -0.05) is 36.4 Å². The summed E-state index contributed by atoms with van der Waals surface area (Å²) in [5.74, 6) is 0.0319. The number of Topliss-reactive ketones (excluding diaryl/α,β-unsaturated/α-hetero) is 1. The zero-order valence-electron chi connectivity index (χ0n) is 10.4. The normalized spacial score (nSPS) is 10.6. The first-order valence-electron chi connectivity index (χ1n) is 5.78. The maximum atomic E-state index is 12.1. The minimum Gasteiger partial charge on any atom is -0.300 e. The fourth-order valence-electron chi connectivity index (χ4n) is 1.59. The molecule has 0 amide bonds.